The first-order chi connectivity index (χ1) is 10.5. The van der Waals surface area contributed by atoms with E-state index in [4.69, 9.17) is 0 Å². The third kappa shape index (κ3) is 3.66. The first kappa shape index (κ1) is 15.6. The van der Waals surface area contributed by atoms with Gasteiger partial charge in [-0.2, -0.15) is 10.2 Å². The van der Waals surface area contributed by atoms with Crippen molar-refractivity contribution in [2.24, 2.45) is 10.2 Å². The van der Waals surface area contributed by atoms with E-state index in [1.807, 2.05) is 31.1 Å². The number of rotatable bonds is 5. The number of benzene rings is 2. The molecular formula is C16H18N4O2. The third-order valence-corrected chi connectivity index (χ3v) is 3.29. The van der Waals surface area contributed by atoms with Crippen LogP contribution in [0.3, 0.4) is 0 Å². The Morgan fingerprint density at radius 3 is 2.32 bits per heavy atom. The van der Waals surface area contributed by atoms with Crippen molar-refractivity contribution in [1.29, 1.82) is 0 Å². The van der Waals surface area contributed by atoms with E-state index < -0.39 is 4.92 Å². The molecule has 6 heteroatoms. The number of hydrogen-bond donors (Lipinski definition) is 0. The van der Waals surface area contributed by atoms with Gasteiger partial charge in [-0.15, -0.1) is 0 Å². The summed E-state index contributed by atoms with van der Waals surface area (Å²) < 4.78 is 0. The molecule has 2 aromatic rings. The van der Waals surface area contributed by atoms with Crippen LogP contribution in [0.25, 0.3) is 0 Å². The smallest absolute Gasteiger partial charge is 0.269 e. The van der Waals surface area contributed by atoms with Gasteiger partial charge in [0, 0.05) is 31.9 Å². The number of nitrogens with zero attached hydrogens (tertiary/aromatic N) is 4. The van der Waals surface area contributed by atoms with Crippen LogP contribution in [0.1, 0.15) is 12.5 Å². The molecule has 0 aromatic heterocycles. The second-order valence-corrected chi connectivity index (χ2v) is 5.03. The first-order valence-corrected chi connectivity index (χ1v) is 6.97. The molecule has 0 N–H and O–H groups in total. The quantitative estimate of drug-likeness (QED) is 0.458. The second kappa shape index (κ2) is 6.80. The summed E-state index contributed by atoms with van der Waals surface area (Å²) in [7, 11) is 3.99. The normalized spacial score (nSPS) is 10.9. The summed E-state index contributed by atoms with van der Waals surface area (Å²) in [6.45, 7) is 2.07. The highest BCUT2D eigenvalue weighted by molar-refractivity contribution is 5.57. The zero-order chi connectivity index (χ0) is 16.1. The Kier molecular flexibility index (Phi) is 4.83. The van der Waals surface area contributed by atoms with E-state index in [0.29, 0.717) is 5.69 Å². The Morgan fingerprint density at radius 2 is 1.77 bits per heavy atom. The molecule has 0 amide bonds. The van der Waals surface area contributed by atoms with Crippen LogP contribution in [-0.2, 0) is 6.42 Å². The molecule has 0 atom stereocenters. The number of non-ortho nitro benzene ring substituents is 1. The van der Waals surface area contributed by atoms with E-state index in [1.54, 1.807) is 12.1 Å². The standard InChI is InChI=1S/C16H18N4O2/c1-4-12-11-15(19(2)3)9-10-16(12)18-17-13-5-7-14(8-6-13)20(21)22/h5-11H,4H2,1-3H3. The molecule has 0 aliphatic rings. The largest absolute Gasteiger partial charge is 0.378 e. The highest BCUT2D eigenvalue weighted by Crippen LogP contribution is 2.27. The summed E-state index contributed by atoms with van der Waals surface area (Å²) in [5.41, 5.74) is 3.67. The lowest BCUT2D eigenvalue weighted by Gasteiger charge is -2.14. The highest BCUT2D eigenvalue weighted by atomic mass is 16.6. The maximum absolute atomic E-state index is 10.6. The number of nitro benzene ring substituents is 1. The van der Waals surface area contributed by atoms with Crippen LogP contribution in [0.5, 0.6) is 0 Å². The fourth-order valence-electron chi connectivity index (χ4n) is 1.98. The van der Waals surface area contributed by atoms with Crippen LogP contribution < -0.4 is 4.90 Å². The minimum Gasteiger partial charge on any atom is -0.378 e. The van der Waals surface area contributed by atoms with E-state index >= 15 is 0 Å². The Hall–Kier alpha value is -2.76. The minimum absolute atomic E-state index is 0.0449. The molecule has 0 bridgehead atoms. The molecular weight excluding hydrogens is 280 g/mol. The summed E-state index contributed by atoms with van der Waals surface area (Å²) >= 11 is 0. The van der Waals surface area contributed by atoms with Crippen molar-refractivity contribution >= 4 is 22.7 Å². The van der Waals surface area contributed by atoms with E-state index in [-0.39, 0.29) is 5.69 Å². The van der Waals surface area contributed by atoms with Gasteiger partial charge in [-0.25, -0.2) is 0 Å². The van der Waals surface area contributed by atoms with Gasteiger partial charge in [-0.3, -0.25) is 10.1 Å². The first-order valence-electron chi connectivity index (χ1n) is 6.97. The van der Waals surface area contributed by atoms with Crippen LogP contribution in [0, 0.1) is 10.1 Å². The lowest BCUT2D eigenvalue weighted by Crippen LogP contribution is -2.08. The van der Waals surface area contributed by atoms with Gasteiger partial charge in [0.25, 0.3) is 5.69 Å². The summed E-state index contributed by atoms with van der Waals surface area (Å²) in [6.07, 6.45) is 0.857. The molecule has 22 heavy (non-hydrogen) atoms. The van der Waals surface area contributed by atoms with Gasteiger partial charge in [-0.05, 0) is 42.3 Å². The van der Waals surface area contributed by atoms with E-state index in [1.165, 1.54) is 12.1 Å². The molecule has 0 spiro atoms. The van der Waals surface area contributed by atoms with E-state index in [0.717, 1.165) is 23.4 Å². The van der Waals surface area contributed by atoms with Crippen molar-refractivity contribution < 1.29 is 4.92 Å². The van der Waals surface area contributed by atoms with Gasteiger partial charge < -0.3 is 4.90 Å². The predicted molar refractivity (Wildman–Crippen MR) is 87.4 cm³/mol. The lowest BCUT2D eigenvalue weighted by atomic mass is 10.1. The second-order valence-electron chi connectivity index (χ2n) is 5.03. The van der Waals surface area contributed by atoms with E-state index in [9.17, 15) is 10.1 Å². The Labute approximate surface area is 129 Å². The van der Waals surface area contributed by atoms with Crippen molar-refractivity contribution in [1.82, 2.24) is 0 Å². The summed E-state index contributed by atoms with van der Waals surface area (Å²) in [4.78, 5) is 12.2. The molecule has 0 saturated carbocycles. The predicted octanol–water partition coefficient (Wildman–Crippen LogP) is 4.64. The van der Waals surface area contributed by atoms with Crippen LogP contribution >= 0.6 is 0 Å². The summed E-state index contributed by atoms with van der Waals surface area (Å²) in [5.74, 6) is 0. The van der Waals surface area contributed by atoms with Gasteiger partial charge in [0.05, 0.1) is 16.3 Å². The third-order valence-electron chi connectivity index (χ3n) is 3.29. The molecule has 0 radical (unpaired) electrons. The van der Waals surface area contributed by atoms with E-state index in [2.05, 4.69) is 23.2 Å². The maximum atomic E-state index is 10.6. The zero-order valence-electron chi connectivity index (χ0n) is 12.9. The number of azo groups is 1. The van der Waals surface area contributed by atoms with Gasteiger partial charge in [0.1, 0.15) is 0 Å². The molecule has 2 rings (SSSR count). The molecule has 0 saturated heterocycles. The van der Waals surface area contributed by atoms with Crippen molar-refractivity contribution in [3.05, 3.63) is 58.1 Å². The lowest BCUT2D eigenvalue weighted by molar-refractivity contribution is -0.384. The van der Waals surface area contributed by atoms with Gasteiger partial charge in [0.2, 0.25) is 0 Å². The van der Waals surface area contributed by atoms with Crippen molar-refractivity contribution in [2.75, 3.05) is 19.0 Å². The van der Waals surface area contributed by atoms with Crippen LogP contribution in [-0.4, -0.2) is 19.0 Å². The SMILES string of the molecule is CCc1cc(N(C)C)ccc1N=Nc1ccc([N+](=O)[O-])cc1. The number of aryl methyl sites for hydroxylation is 1. The van der Waals surface area contributed by atoms with Gasteiger partial charge >= 0.3 is 0 Å². The average Bonchev–Trinajstić information content (AvgIpc) is 2.52. The molecule has 0 aliphatic carbocycles. The number of hydrogen-bond acceptors (Lipinski definition) is 5. The number of nitro groups is 1. The van der Waals surface area contributed by atoms with Crippen molar-refractivity contribution in [2.45, 2.75) is 13.3 Å². The molecule has 2 aromatic carbocycles. The van der Waals surface area contributed by atoms with Gasteiger partial charge in [0.15, 0.2) is 0 Å². The molecule has 0 heterocycles. The molecule has 0 unspecified atom stereocenters. The Bertz CT molecular complexity index is 694. The van der Waals surface area contributed by atoms with Crippen molar-refractivity contribution in [3.8, 4) is 0 Å². The maximum Gasteiger partial charge on any atom is 0.269 e. The average molecular weight is 298 g/mol. The molecule has 0 aliphatic heterocycles. The van der Waals surface area contributed by atoms with Crippen molar-refractivity contribution in [3.63, 3.8) is 0 Å². The zero-order valence-corrected chi connectivity index (χ0v) is 12.9. The Morgan fingerprint density at radius 1 is 1.09 bits per heavy atom. The molecule has 0 fully saturated rings. The minimum atomic E-state index is -0.434. The highest BCUT2D eigenvalue weighted by Gasteiger charge is 2.05. The topological polar surface area (TPSA) is 71.1 Å². The fourth-order valence-corrected chi connectivity index (χ4v) is 1.98. The molecule has 114 valence electrons. The summed E-state index contributed by atoms with van der Waals surface area (Å²) in [5, 5.41) is 19.0. The summed E-state index contributed by atoms with van der Waals surface area (Å²) in [6, 6.07) is 12.0. The number of anilines is 1. The fraction of sp³-hybridized carbons (Fsp3) is 0.250. The monoisotopic (exact) mass is 298 g/mol. The van der Waals surface area contributed by atoms with Crippen LogP contribution in [0.15, 0.2) is 52.7 Å². The van der Waals surface area contributed by atoms with Crippen LogP contribution in [0.4, 0.5) is 22.7 Å². The molecule has 6 nitrogen and oxygen atoms in total. The Balaban J connectivity index is 2.24. The van der Waals surface area contributed by atoms with Crippen LogP contribution in [0.2, 0.25) is 0 Å². The van der Waals surface area contributed by atoms with Gasteiger partial charge in [-0.1, -0.05) is 6.92 Å².